The van der Waals surface area contributed by atoms with Crippen LogP contribution in [0.3, 0.4) is 0 Å². The summed E-state index contributed by atoms with van der Waals surface area (Å²) in [5.74, 6) is -0.309. The van der Waals surface area contributed by atoms with E-state index >= 15 is 0 Å². The van der Waals surface area contributed by atoms with Crippen molar-refractivity contribution in [2.24, 2.45) is 5.73 Å². The number of aromatic nitrogens is 4. The predicted octanol–water partition coefficient (Wildman–Crippen LogP) is 3.21. The van der Waals surface area contributed by atoms with Gasteiger partial charge in [0.05, 0.1) is 17.4 Å². The lowest BCUT2D eigenvalue weighted by Gasteiger charge is -2.14. The van der Waals surface area contributed by atoms with Crippen LogP contribution in [0.4, 0.5) is 4.39 Å². The highest BCUT2D eigenvalue weighted by Gasteiger charge is 2.16. The number of aromatic amines is 1. The second-order valence-electron chi connectivity index (χ2n) is 7.35. The first kappa shape index (κ1) is 21.4. The first-order valence-corrected chi connectivity index (χ1v) is 10.2. The van der Waals surface area contributed by atoms with Crippen LogP contribution in [-0.4, -0.2) is 38.6 Å². The predicted molar refractivity (Wildman–Crippen MR) is 118 cm³/mol. The van der Waals surface area contributed by atoms with Gasteiger partial charge in [0.2, 0.25) is 5.88 Å². The number of rotatable bonds is 8. The molecule has 0 spiro atoms. The van der Waals surface area contributed by atoms with E-state index in [1.165, 1.54) is 12.1 Å². The summed E-state index contributed by atoms with van der Waals surface area (Å²) in [7, 11) is 0. The monoisotopic (exact) mass is 434 g/mol. The molecule has 9 heteroatoms. The van der Waals surface area contributed by atoms with Gasteiger partial charge in [0.1, 0.15) is 17.7 Å². The Bertz CT molecular complexity index is 1210. The standard InChI is InChI=1S/C23H23FN6O2/c1-14(25)32-23-21(15-4-7-17(24)8-5-15)29-20-11-16(6-9-19(20)30-23)22(31)27-10-2-3-18-12-26-13-28-18/h4-9,11-14H,2-3,10,25H2,1H3,(H,26,28)(H,27,31). The van der Waals surface area contributed by atoms with Crippen molar-refractivity contribution in [1.29, 1.82) is 0 Å². The lowest BCUT2D eigenvalue weighted by Crippen LogP contribution is -2.25. The number of ether oxygens (including phenoxy) is 1. The Balaban J connectivity index is 1.56. The number of imidazole rings is 1. The first-order chi connectivity index (χ1) is 15.5. The van der Waals surface area contributed by atoms with E-state index in [1.54, 1.807) is 49.8 Å². The van der Waals surface area contributed by atoms with E-state index in [1.807, 2.05) is 0 Å². The molecule has 0 saturated heterocycles. The van der Waals surface area contributed by atoms with Gasteiger partial charge in [-0.05, 0) is 62.2 Å². The molecule has 4 N–H and O–H groups in total. The highest BCUT2D eigenvalue weighted by Crippen LogP contribution is 2.29. The molecule has 2 aromatic carbocycles. The Morgan fingerprint density at radius 2 is 2.00 bits per heavy atom. The molecule has 1 unspecified atom stereocenters. The Morgan fingerprint density at radius 3 is 2.72 bits per heavy atom. The molecular weight excluding hydrogens is 411 g/mol. The maximum atomic E-state index is 13.4. The summed E-state index contributed by atoms with van der Waals surface area (Å²) in [4.78, 5) is 28.8. The van der Waals surface area contributed by atoms with E-state index in [4.69, 9.17) is 10.5 Å². The number of amides is 1. The van der Waals surface area contributed by atoms with Crippen LogP contribution < -0.4 is 15.8 Å². The molecule has 164 valence electrons. The second kappa shape index (κ2) is 9.52. The maximum Gasteiger partial charge on any atom is 0.251 e. The summed E-state index contributed by atoms with van der Waals surface area (Å²) < 4.78 is 19.0. The molecule has 1 amide bonds. The topological polar surface area (TPSA) is 119 Å². The van der Waals surface area contributed by atoms with E-state index in [0.717, 1.165) is 18.5 Å². The van der Waals surface area contributed by atoms with Gasteiger partial charge in [0, 0.05) is 29.6 Å². The number of carbonyl (C=O) groups excluding carboxylic acids is 1. The fourth-order valence-electron chi connectivity index (χ4n) is 3.24. The van der Waals surface area contributed by atoms with Gasteiger partial charge in [-0.3, -0.25) is 10.5 Å². The molecule has 0 aliphatic carbocycles. The highest BCUT2D eigenvalue weighted by molar-refractivity contribution is 5.97. The number of halogens is 1. The minimum absolute atomic E-state index is 0.197. The number of aryl methyl sites for hydroxylation is 1. The molecule has 2 heterocycles. The van der Waals surface area contributed by atoms with Crippen molar-refractivity contribution in [1.82, 2.24) is 25.3 Å². The van der Waals surface area contributed by atoms with Gasteiger partial charge >= 0.3 is 0 Å². The number of nitrogens with one attached hydrogen (secondary N) is 2. The van der Waals surface area contributed by atoms with Crippen molar-refractivity contribution in [3.8, 4) is 17.1 Å². The van der Waals surface area contributed by atoms with Crippen molar-refractivity contribution in [2.45, 2.75) is 26.0 Å². The van der Waals surface area contributed by atoms with Crippen LogP contribution in [-0.2, 0) is 6.42 Å². The number of H-pyrrole nitrogens is 1. The molecule has 2 aromatic heterocycles. The van der Waals surface area contributed by atoms with Crippen LogP contribution in [0.15, 0.2) is 55.0 Å². The summed E-state index contributed by atoms with van der Waals surface area (Å²) >= 11 is 0. The van der Waals surface area contributed by atoms with E-state index in [-0.39, 0.29) is 17.6 Å². The largest absolute Gasteiger partial charge is 0.458 e. The molecule has 0 bridgehead atoms. The van der Waals surface area contributed by atoms with Crippen LogP contribution in [0.2, 0.25) is 0 Å². The Morgan fingerprint density at radius 1 is 1.19 bits per heavy atom. The highest BCUT2D eigenvalue weighted by atomic mass is 19.1. The van der Waals surface area contributed by atoms with Gasteiger partial charge in [-0.25, -0.2) is 19.3 Å². The molecule has 0 saturated carbocycles. The van der Waals surface area contributed by atoms with Crippen LogP contribution in [0.25, 0.3) is 22.3 Å². The molecular formula is C23H23FN6O2. The van der Waals surface area contributed by atoms with Crippen molar-refractivity contribution in [3.63, 3.8) is 0 Å². The molecule has 0 aliphatic heterocycles. The molecule has 4 rings (SSSR count). The number of hydrogen-bond donors (Lipinski definition) is 3. The van der Waals surface area contributed by atoms with Crippen molar-refractivity contribution in [2.75, 3.05) is 6.54 Å². The zero-order chi connectivity index (χ0) is 22.5. The third-order valence-electron chi connectivity index (χ3n) is 4.77. The van der Waals surface area contributed by atoms with E-state index in [9.17, 15) is 9.18 Å². The summed E-state index contributed by atoms with van der Waals surface area (Å²) in [6.07, 6.45) is 4.38. The minimum Gasteiger partial charge on any atom is -0.458 e. The molecule has 4 aromatic rings. The van der Waals surface area contributed by atoms with Gasteiger partial charge in [-0.1, -0.05) is 0 Å². The second-order valence-corrected chi connectivity index (χ2v) is 7.35. The minimum atomic E-state index is -0.604. The fraction of sp³-hybridized carbons (Fsp3) is 0.217. The molecule has 0 radical (unpaired) electrons. The summed E-state index contributed by atoms with van der Waals surface area (Å²) in [5.41, 5.74) is 9.41. The first-order valence-electron chi connectivity index (χ1n) is 10.2. The Hall–Kier alpha value is -3.85. The number of nitrogens with zero attached hydrogens (tertiary/aromatic N) is 3. The zero-order valence-electron chi connectivity index (χ0n) is 17.5. The van der Waals surface area contributed by atoms with Crippen LogP contribution in [0, 0.1) is 5.82 Å². The molecule has 0 aliphatic rings. The van der Waals surface area contributed by atoms with Crippen molar-refractivity contribution in [3.05, 3.63) is 72.1 Å². The Kier molecular flexibility index (Phi) is 6.37. The number of hydrogen-bond acceptors (Lipinski definition) is 6. The van der Waals surface area contributed by atoms with Crippen molar-refractivity contribution >= 4 is 16.9 Å². The van der Waals surface area contributed by atoms with Crippen LogP contribution in [0.5, 0.6) is 5.88 Å². The third kappa shape index (κ3) is 5.06. The fourth-order valence-corrected chi connectivity index (χ4v) is 3.24. The molecule has 8 nitrogen and oxygen atoms in total. The lowest BCUT2D eigenvalue weighted by atomic mass is 10.1. The average molecular weight is 434 g/mol. The third-order valence-corrected chi connectivity index (χ3v) is 4.77. The van der Waals surface area contributed by atoms with Gasteiger partial charge < -0.3 is 15.0 Å². The van der Waals surface area contributed by atoms with E-state index in [0.29, 0.717) is 34.4 Å². The van der Waals surface area contributed by atoms with Crippen LogP contribution >= 0.6 is 0 Å². The molecule has 0 fully saturated rings. The smallest absolute Gasteiger partial charge is 0.251 e. The average Bonchev–Trinajstić information content (AvgIpc) is 3.29. The molecule has 32 heavy (non-hydrogen) atoms. The summed E-state index contributed by atoms with van der Waals surface area (Å²) in [5, 5.41) is 2.91. The zero-order valence-corrected chi connectivity index (χ0v) is 17.5. The lowest BCUT2D eigenvalue weighted by molar-refractivity contribution is 0.0953. The van der Waals surface area contributed by atoms with E-state index in [2.05, 4.69) is 25.3 Å². The van der Waals surface area contributed by atoms with Crippen LogP contribution in [0.1, 0.15) is 29.4 Å². The van der Waals surface area contributed by atoms with Gasteiger partial charge in [-0.15, -0.1) is 0 Å². The summed E-state index contributed by atoms with van der Waals surface area (Å²) in [6.45, 7) is 2.21. The Labute approximate surface area is 184 Å². The molecule has 1 atom stereocenters. The number of nitrogens with two attached hydrogens (primary N) is 1. The SMILES string of the molecule is CC(N)Oc1nc2ccc(C(=O)NCCCc3cnc[nH]3)cc2nc1-c1ccc(F)cc1. The normalized spacial score (nSPS) is 12.0. The van der Waals surface area contributed by atoms with Crippen molar-refractivity contribution < 1.29 is 13.9 Å². The van der Waals surface area contributed by atoms with Gasteiger partial charge in [-0.2, -0.15) is 0 Å². The maximum absolute atomic E-state index is 13.4. The summed E-state index contributed by atoms with van der Waals surface area (Å²) in [6, 6.07) is 10.9. The van der Waals surface area contributed by atoms with Gasteiger partial charge in [0.25, 0.3) is 5.91 Å². The number of carbonyl (C=O) groups is 1. The number of benzene rings is 2. The van der Waals surface area contributed by atoms with E-state index < -0.39 is 6.23 Å². The number of fused-ring (bicyclic) bond motifs is 1. The van der Waals surface area contributed by atoms with Gasteiger partial charge in [0.15, 0.2) is 0 Å². The quantitative estimate of drug-likeness (QED) is 0.289.